The summed E-state index contributed by atoms with van der Waals surface area (Å²) in [5.41, 5.74) is 0. The number of carboxylic acids is 1. The first-order valence-corrected chi connectivity index (χ1v) is 8.46. The lowest BCUT2D eigenvalue weighted by Crippen LogP contribution is -2.37. The maximum atomic E-state index is 11.8. The van der Waals surface area contributed by atoms with Crippen LogP contribution in [-0.2, 0) is 9.59 Å². The number of rotatable bonds is 13. The molecular weight excluding hydrogens is 266 g/mol. The Kier molecular flexibility index (Phi) is 12.0. The molecule has 0 aliphatic rings. The van der Waals surface area contributed by atoms with Crippen LogP contribution in [0.2, 0.25) is 0 Å². The van der Waals surface area contributed by atoms with Gasteiger partial charge in [0.25, 0.3) is 0 Å². The molecule has 0 aromatic carbocycles. The number of carbonyl (C=O) groups excluding carboxylic acids is 1. The van der Waals surface area contributed by atoms with Crippen molar-refractivity contribution < 1.29 is 14.7 Å². The van der Waals surface area contributed by atoms with Crippen molar-refractivity contribution in [1.29, 1.82) is 0 Å². The number of carboxylic acid groups (broad SMARTS) is 1. The highest BCUT2D eigenvalue weighted by molar-refractivity contribution is 5.77. The molecule has 0 heterocycles. The zero-order valence-corrected chi connectivity index (χ0v) is 14.0. The van der Waals surface area contributed by atoms with Crippen LogP contribution in [0.1, 0.15) is 85.0 Å². The molecule has 0 fully saturated rings. The zero-order valence-electron chi connectivity index (χ0n) is 14.0. The van der Waals surface area contributed by atoms with Gasteiger partial charge in [0.15, 0.2) is 0 Å². The summed E-state index contributed by atoms with van der Waals surface area (Å²) >= 11 is 0. The monoisotopic (exact) mass is 299 g/mol. The van der Waals surface area contributed by atoms with Crippen LogP contribution in [0.5, 0.6) is 0 Å². The van der Waals surface area contributed by atoms with Gasteiger partial charge in [0, 0.05) is 12.5 Å². The minimum Gasteiger partial charge on any atom is -0.481 e. The van der Waals surface area contributed by atoms with Crippen LogP contribution in [0.15, 0.2) is 0 Å². The summed E-state index contributed by atoms with van der Waals surface area (Å²) in [6.07, 6.45) is 9.53. The SMILES string of the molecule is CCCCCCCCCC(=O)N[C@@H](CC(=O)O)CC(C)C. The first-order valence-electron chi connectivity index (χ1n) is 8.46. The molecule has 4 nitrogen and oxygen atoms in total. The second kappa shape index (κ2) is 12.7. The Morgan fingerprint density at radius 3 is 2.10 bits per heavy atom. The van der Waals surface area contributed by atoms with Crippen LogP contribution >= 0.6 is 0 Å². The van der Waals surface area contributed by atoms with Gasteiger partial charge in [0.1, 0.15) is 0 Å². The fourth-order valence-electron chi connectivity index (χ4n) is 2.52. The first-order chi connectivity index (χ1) is 9.95. The summed E-state index contributed by atoms with van der Waals surface area (Å²) in [5.74, 6) is -0.472. The van der Waals surface area contributed by atoms with Gasteiger partial charge in [-0.05, 0) is 18.8 Å². The summed E-state index contributed by atoms with van der Waals surface area (Å²) in [5, 5.41) is 11.7. The number of nitrogens with one attached hydrogen (secondary N) is 1. The van der Waals surface area contributed by atoms with Crippen LogP contribution in [0.25, 0.3) is 0 Å². The van der Waals surface area contributed by atoms with E-state index in [0.717, 1.165) is 19.3 Å². The van der Waals surface area contributed by atoms with Crippen molar-refractivity contribution in [3.63, 3.8) is 0 Å². The van der Waals surface area contributed by atoms with Gasteiger partial charge in [-0.25, -0.2) is 0 Å². The molecule has 21 heavy (non-hydrogen) atoms. The Labute approximate surface area is 129 Å². The summed E-state index contributed by atoms with van der Waals surface area (Å²) in [4.78, 5) is 22.7. The maximum absolute atomic E-state index is 11.8. The number of aliphatic carboxylic acids is 1. The molecule has 2 N–H and O–H groups in total. The molecule has 0 radical (unpaired) electrons. The second-order valence-corrected chi connectivity index (χ2v) is 6.36. The van der Waals surface area contributed by atoms with E-state index >= 15 is 0 Å². The predicted molar refractivity (Wildman–Crippen MR) is 86.2 cm³/mol. The van der Waals surface area contributed by atoms with Crippen molar-refractivity contribution in [1.82, 2.24) is 5.32 Å². The van der Waals surface area contributed by atoms with Gasteiger partial charge in [-0.2, -0.15) is 0 Å². The van der Waals surface area contributed by atoms with Crippen LogP contribution in [-0.4, -0.2) is 23.0 Å². The van der Waals surface area contributed by atoms with Gasteiger partial charge in [-0.1, -0.05) is 59.3 Å². The molecule has 0 aromatic rings. The third-order valence-corrected chi connectivity index (χ3v) is 3.55. The zero-order chi connectivity index (χ0) is 16.1. The smallest absolute Gasteiger partial charge is 0.305 e. The van der Waals surface area contributed by atoms with Crippen molar-refractivity contribution in [2.75, 3.05) is 0 Å². The molecule has 0 saturated heterocycles. The highest BCUT2D eigenvalue weighted by Crippen LogP contribution is 2.10. The maximum Gasteiger partial charge on any atom is 0.305 e. The van der Waals surface area contributed by atoms with E-state index < -0.39 is 5.97 Å². The molecule has 0 bridgehead atoms. The first kappa shape index (κ1) is 19.9. The summed E-state index contributed by atoms with van der Waals surface area (Å²) in [7, 11) is 0. The summed E-state index contributed by atoms with van der Waals surface area (Å²) in [6.45, 7) is 6.28. The highest BCUT2D eigenvalue weighted by Gasteiger charge is 2.16. The number of carbonyl (C=O) groups is 2. The van der Waals surface area contributed by atoms with Crippen LogP contribution in [0.3, 0.4) is 0 Å². The Bertz CT molecular complexity index is 290. The van der Waals surface area contributed by atoms with Crippen molar-refractivity contribution in [3.8, 4) is 0 Å². The fourth-order valence-corrected chi connectivity index (χ4v) is 2.52. The molecule has 1 amide bonds. The van der Waals surface area contributed by atoms with E-state index in [0.29, 0.717) is 12.3 Å². The third kappa shape index (κ3) is 13.7. The van der Waals surface area contributed by atoms with E-state index in [9.17, 15) is 9.59 Å². The molecule has 0 spiro atoms. The lowest BCUT2D eigenvalue weighted by atomic mass is 10.0. The molecule has 4 heteroatoms. The van der Waals surface area contributed by atoms with E-state index in [-0.39, 0.29) is 18.4 Å². The predicted octanol–water partition coefficient (Wildman–Crippen LogP) is 4.13. The average Bonchev–Trinajstić information content (AvgIpc) is 2.36. The van der Waals surface area contributed by atoms with Gasteiger partial charge in [0.05, 0.1) is 6.42 Å². The quantitative estimate of drug-likeness (QED) is 0.502. The normalized spacial score (nSPS) is 12.4. The minimum absolute atomic E-state index is 0.00421. The van der Waals surface area contributed by atoms with Crippen LogP contribution < -0.4 is 5.32 Å². The van der Waals surface area contributed by atoms with E-state index in [1.165, 1.54) is 32.1 Å². The Balaban J connectivity index is 3.79. The third-order valence-electron chi connectivity index (χ3n) is 3.55. The number of amides is 1. The molecule has 0 aliphatic carbocycles. The summed E-state index contributed by atoms with van der Waals surface area (Å²) in [6, 6.07) is -0.237. The van der Waals surface area contributed by atoms with Crippen molar-refractivity contribution >= 4 is 11.9 Å². The molecule has 0 aromatic heterocycles. The molecule has 124 valence electrons. The lowest BCUT2D eigenvalue weighted by Gasteiger charge is -2.18. The Morgan fingerprint density at radius 1 is 1.00 bits per heavy atom. The number of unbranched alkanes of at least 4 members (excludes halogenated alkanes) is 6. The van der Waals surface area contributed by atoms with Gasteiger partial charge < -0.3 is 10.4 Å². The number of hydrogen-bond donors (Lipinski definition) is 2. The average molecular weight is 299 g/mol. The number of hydrogen-bond acceptors (Lipinski definition) is 2. The van der Waals surface area contributed by atoms with Gasteiger partial charge in [-0.3, -0.25) is 9.59 Å². The molecule has 0 saturated carbocycles. The van der Waals surface area contributed by atoms with Crippen molar-refractivity contribution in [3.05, 3.63) is 0 Å². The van der Waals surface area contributed by atoms with E-state index in [1.807, 2.05) is 13.8 Å². The summed E-state index contributed by atoms with van der Waals surface area (Å²) < 4.78 is 0. The van der Waals surface area contributed by atoms with Crippen LogP contribution in [0, 0.1) is 5.92 Å². The van der Waals surface area contributed by atoms with E-state index in [1.54, 1.807) is 0 Å². The topological polar surface area (TPSA) is 66.4 Å². The van der Waals surface area contributed by atoms with Crippen LogP contribution in [0.4, 0.5) is 0 Å². The molecule has 0 rings (SSSR count). The minimum atomic E-state index is -0.850. The molecule has 0 aliphatic heterocycles. The Hall–Kier alpha value is -1.06. The van der Waals surface area contributed by atoms with Gasteiger partial charge in [0.2, 0.25) is 5.91 Å². The largest absolute Gasteiger partial charge is 0.481 e. The van der Waals surface area contributed by atoms with E-state index in [2.05, 4.69) is 12.2 Å². The van der Waals surface area contributed by atoms with Crippen molar-refractivity contribution in [2.45, 2.75) is 91.0 Å². The second-order valence-electron chi connectivity index (χ2n) is 6.36. The van der Waals surface area contributed by atoms with Crippen molar-refractivity contribution in [2.24, 2.45) is 5.92 Å². The highest BCUT2D eigenvalue weighted by atomic mass is 16.4. The molecular formula is C17H33NO3. The lowest BCUT2D eigenvalue weighted by molar-refractivity contribution is -0.137. The standard InChI is InChI=1S/C17H33NO3/c1-4-5-6-7-8-9-10-11-16(19)18-15(12-14(2)3)13-17(20)21/h14-15H,4-13H2,1-3H3,(H,18,19)(H,20,21)/t15-/m1/s1. The van der Waals surface area contributed by atoms with Gasteiger partial charge >= 0.3 is 5.97 Å². The molecule has 1 atom stereocenters. The fraction of sp³-hybridized carbons (Fsp3) is 0.882. The Morgan fingerprint density at radius 2 is 1.57 bits per heavy atom. The van der Waals surface area contributed by atoms with Gasteiger partial charge in [-0.15, -0.1) is 0 Å². The van der Waals surface area contributed by atoms with E-state index in [4.69, 9.17) is 5.11 Å². The molecule has 0 unspecified atom stereocenters.